The van der Waals surface area contributed by atoms with E-state index in [9.17, 15) is 4.79 Å². The number of benzene rings is 2. The Bertz CT molecular complexity index is 698. The molecule has 7 heteroatoms. The summed E-state index contributed by atoms with van der Waals surface area (Å²) >= 11 is 1.52. The van der Waals surface area contributed by atoms with Crippen molar-refractivity contribution in [2.24, 2.45) is 10.2 Å². The minimum absolute atomic E-state index is 0.0159. The maximum atomic E-state index is 10.8. The van der Waals surface area contributed by atoms with Crippen LogP contribution < -0.4 is 14.9 Å². The molecule has 0 aliphatic heterocycles. The summed E-state index contributed by atoms with van der Waals surface area (Å²) in [6, 6.07) is 15.7. The highest BCUT2D eigenvalue weighted by molar-refractivity contribution is 7.97. The smallest absolute Gasteiger partial charge is 0.216 e. The first kappa shape index (κ1) is 19.0. The first-order chi connectivity index (χ1) is 12.0. The summed E-state index contributed by atoms with van der Waals surface area (Å²) < 4.78 is 3.19. The number of nitrogens with one attached hydrogen (secondary N) is 2. The molecule has 0 fully saturated rings. The molecule has 0 saturated carbocycles. The summed E-state index contributed by atoms with van der Waals surface area (Å²) in [4.78, 5) is 13.9. The van der Waals surface area contributed by atoms with Gasteiger partial charge >= 0.3 is 0 Å². The lowest BCUT2D eigenvalue weighted by Gasteiger charge is -2.11. The molecule has 25 heavy (non-hydrogen) atoms. The van der Waals surface area contributed by atoms with Crippen LogP contribution in [0.5, 0.6) is 0 Å². The van der Waals surface area contributed by atoms with E-state index in [2.05, 4.69) is 20.3 Å². The van der Waals surface area contributed by atoms with Gasteiger partial charge in [0.05, 0.1) is 11.4 Å². The Morgan fingerprint density at radius 2 is 1.52 bits per heavy atom. The van der Waals surface area contributed by atoms with Crippen molar-refractivity contribution in [3.8, 4) is 0 Å². The second-order valence-electron chi connectivity index (χ2n) is 5.58. The molecule has 0 aromatic heterocycles. The zero-order valence-electron chi connectivity index (χ0n) is 14.7. The van der Waals surface area contributed by atoms with Crippen LogP contribution in [0.4, 0.5) is 17.1 Å². The molecule has 1 amide bonds. The molecule has 0 saturated heterocycles. The van der Waals surface area contributed by atoms with Gasteiger partial charge in [-0.05, 0) is 60.5 Å². The van der Waals surface area contributed by atoms with Gasteiger partial charge in [-0.2, -0.15) is 10.2 Å². The third kappa shape index (κ3) is 6.94. The van der Waals surface area contributed by atoms with E-state index in [0.717, 1.165) is 22.0 Å². The van der Waals surface area contributed by atoms with Crippen LogP contribution in [-0.2, 0) is 4.79 Å². The average Bonchev–Trinajstić information content (AvgIpc) is 2.61. The monoisotopic (exact) mass is 357 g/mol. The fourth-order valence-corrected chi connectivity index (χ4v) is 2.58. The maximum absolute atomic E-state index is 10.8. The summed E-state index contributed by atoms with van der Waals surface area (Å²) in [5, 5.41) is 11.2. The Balaban J connectivity index is 1.82. The number of hydrogen-bond acceptors (Lipinski definition) is 6. The molecule has 0 unspecified atom stereocenters. The molecule has 2 aromatic rings. The van der Waals surface area contributed by atoms with Crippen LogP contribution in [0.25, 0.3) is 0 Å². The summed E-state index contributed by atoms with van der Waals surface area (Å²) in [5.41, 5.74) is 2.76. The normalized spacial score (nSPS) is 10.8. The van der Waals surface area contributed by atoms with Gasteiger partial charge in [0.15, 0.2) is 0 Å². The first-order valence-corrected chi connectivity index (χ1v) is 8.79. The lowest BCUT2D eigenvalue weighted by molar-refractivity contribution is -0.118. The molecular weight excluding hydrogens is 334 g/mol. The molecule has 0 aliphatic rings. The Morgan fingerprint density at radius 3 is 2.04 bits per heavy atom. The van der Waals surface area contributed by atoms with Crippen molar-refractivity contribution in [3.05, 3.63) is 48.5 Å². The Morgan fingerprint density at radius 1 is 0.960 bits per heavy atom. The van der Waals surface area contributed by atoms with Gasteiger partial charge in [0.2, 0.25) is 5.91 Å². The topological polar surface area (TPSA) is 69.1 Å². The van der Waals surface area contributed by atoms with E-state index in [-0.39, 0.29) is 5.91 Å². The van der Waals surface area contributed by atoms with Gasteiger partial charge in [0.25, 0.3) is 0 Å². The summed E-state index contributed by atoms with van der Waals surface area (Å²) in [6.45, 7) is 2.83. The fourth-order valence-electron chi connectivity index (χ4n) is 1.94. The quantitative estimate of drug-likeness (QED) is 0.427. The molecule has 0 spiro atoms. The third-order valence-electron chi connectivity index (χ3n) is 3.27. The van der Waals surface area contributed by atoms with E-state index < -0.39 is 0 Å². The van der Waals surface area contributed by atoms with Crippen LogP contribution in [0.15, 0.2) is 63.7 Å². The fraction of sp³-hybridized carbons (Fsp3) is 0.278. The lowest BCUT2D eigenvalue weighted by Crippen LogP contribution is -2.27. The second-order valence-corrected chi connectivity index (χ2v) is 6.55. The Labute approximate surface area is 152 Å². The highest BCUT2D eigenvalue weighted by Crippen LogP contribution is 2.23. The first-order valence-electron chi connectivity index (χ1n) is 7.98. The molecule has 0 bridgehead atoms. The number of carbonyl (C=O) groups excluding carboxylic acids is 1. The number of hydrogen-bond donors (Lipinski definition) is 2. The average molecular weight is 357 g/mol. The van der Waals surface area contributed by atoms with E-state index in [4.69, 9.17) is 0 Å². The van der Waals surface area contributed by atoms with Crippen LogP contribution in [0.2, 0.25) is 0 Å². The zero-order chi connectivity index (χ0) is 18.1. The van der Waals surface area contributed by atoms with E-state index in [1.807, 2.05) is 67.5 Å². The standard InChI is InChI=1S/C18H23N5OS/c1-14(24)19-12-13-20-25-18-10-6-16(7-11-18)22-21-15-4-8-17(9-5-15)23(2)3/h4-11,20H,12-13H2,1-3H3,(H,19,24). The Kier molecular flexibility index (Phi) is 7.43. The van der Waals surface area contributed by atoms with Gasteiger partial charge in [-0.3, -0.25) is 9.52 Å². The number of carbonyl (C=O) groups is 1. The highest BCUT2D eigenvalue weighted by atomic mass is 32.2. The highest BCUT2D eigenvalue weighted by Gasteiger charge is 1.97. The molecule has 0 atom stereocenters. The van der Waals surface area contributed by atoms with Gasteiger partial charge in [-0.15, -0.1) is 0 Å². The minimum atomic E-state index is -0.0159. The van der Waals surface area contributed by atoms with Crippen molar-refractivity contribution in [3.63, 3.8) is 0 Å². The van der Waals surface area contributed by atoms with Gasteiger partial charge in [-0.1, -0.05) is 0 Å². The molecule has 132 valence electrons. The molecule has 2 aromatic carbocycles. The van der Waals surface area contributed by atoms with Gasteiger partial charge in [-0.25, -0.2) is 0 Å². The SMILES string of the molecule is CC(=O)NCCNSc1ccc(N=Nc2ccc(N(C)C)cc2)cc1. The van der Waals surface area contributed by atoms with Crippen LogP contribution in [0.3, 0.4) is 0 Å². The molecule has 0 radical (unpaired) electrons. The predicted octanol–water partition coefficient (Wildman–Crippen LogP) is 3.90. The van der Waals surface area contributed by atoms with Crippen molar-refractivity contribution in [1.29, 1.82) is 0 Å². The van der Waals surface area contributed by atoms with Crippen molar-refractivity contribution < 1.29 is 4.79 Å². The molecule has 2 N–H and O–H groups in total. The zero-order valence-corrected chi connectivity index (χ0v) is 15.5. The summed E-state index contributed by atoms with van der Waals surface area (Å²) in [6.07, 6.45) is 0. The lowest BCUT2D eigenvalue weighted by atomic mass is 10.3. The Hall–Kier alpha value is -2.38. The van der Waals surface area contributed by atoms with Crippen LogP contribution in [-0.4, -0.2) is 33.1 Å². The number of anilines is 1. The number of nitrogens with zero attached hydrogens (tertiary/aromatic N) is 3. The molecule has 0 heterocycles. The van der Waals surface area contributed by atoms with Gasteiger partial charge in [0.1, 0.15) is 0 Å². The van der Waals surface area contributed by atoms with Crippen LogP contribution in [0.1, 0.15) is 6.92 Å². The van der Waals surface area contributed by atoms with Gasteiger partial charge in [0, 0.05) is 44.7 Å². The van der Waals surface area contributed by atoms with E-state index in [0.29, 0.717) is 13.1 Å². The largest absolute Gasteiger partial charge is 0.378 e. The molecule has 0 aliphatic carbocycles. The molecule has 6 nitrogen and oxygen atoms in total. The van der Waals surface area contributed by atoms with E-state index >= 15 is 0 Å². The van der Waals surface area contributed by atoms with Crippen molar-refractivity contribution >= 4 is 34.9 Å². The summed E-state index contributed by atoms with van der Waals surface area (Å²) in [5.74, 6) is -0.0159. The molecular formula is C18H23N5OS. The van der Waals surface area contributed by atoms with Crippen LogP contribution in [0, 0.1) is 0 Å². The summed E-state index contributed by atoms with van der Waals surface area (Å²) in [7, 11) is 4.01. The molecule has 2 rings (SSSR count). The van der Waals surface area contributed by atoms with Crippen molar-refractivity contribution in [2.45, 2.75) is 11.8 Å². The van der Waals surface area contributed by atoms with Gasteiger partial charge < -0.3 is 10.2 Å². The van der Waals surface area contributed by atoms with Crippen molar-refractivity contribution in [2.75, 3.05) is 32.1 Å². The maximum Gasteiger partial charge on any atom is 0.216 e. The van der Waals surface area contributed by atoms with E-state index in [1.54, 1.807) is 0 Å². The van der Waals surface area contributed by atoms with E-state index in [1.165, 1.54) is 18.9 Å². The van der Waals surface area contributed by atoms with Crippen LogP contribution >= 0.6 is 11.9 Å². The number of amides is 1. The minimum Gasteiger partial charge on any atom is -0.378 e. The number of azo groups is 1. The predicted molar refractivity (Wildman–Crippen MR) is 104 cm³/mol. The third-order valence-corrected chi connectivity index (χ3v) is 4.13. The second kappa shape index (κ2) is 9.80. The van der Waals surface area contributed by atoms with Crippen molar-refractivity contribution in [1.82, 2.24) is 10.0 Å². The number of rotatable bonds is 8.